The molecular weight excluding hydrogens is 416 g/mol. The number of nitrogens with one attached hydrogen (secondary N) is 1. The summed E-state index contributed by atoms with van der Waals surface area (Å²) in [5.74, 6) is 0.810. The van der Waals surface area contributed by atoms with E-state index in [1.54, 1.807) is 38.2 Å². The second-order valence-corrected chi connectivity index (χ2v) is 8.94. The van der Waals surface area contributed by atoms with Crippen LogP contribution < -0.4 is 4.74 Å². The third-order valence-electron chi connectivity index (χ3n) is 6.12. The Bertz CT molecular complexity index is 1130. The van der Waals surface area contributed by atoms with Crippen molar-refractivity contribution < 1.29 is 19.1 Å². The van der Waals surface area contributed by atoms with Crippen LogP contribution in [0, 0.1) is 5.92 Å². The minimum atomic E-state index is -0.384. The molecular formula is C27H34N2O4. The minimum absolute atomic E-state index is 0.0750. The molecule has 2 aromatic carbocycles. The number of fused-ring (bicyclic) bond motifs is 1. The maximum absolute atomic E-state index is 12.0. The zero-order valence-electron chi connectivity index (χ0n) is 20.4. The number of ether oxygens (including phenoxy) is 2. The van der Waals surface area contributed by atoms with Gasteiger partial charge >= 0.3 is 5.97 Å². The number of rotatable bonds is 9. The number of esters is 1. The van der Waals surface area contributed by atoms with Crippen molar-refractivity contribution >= 4 is 22.8 Å². The third-order valence-corrected chi connectivity index (χ3v) is 6.12. The van der Waals surface area contributed by atoms with E-state index in [-0.39, 0.29) is 17.8 Å². The Hall–Kier alpha value is -3.28. The van der Waals surface area contributed by atoms with E-state index in [2.05, 4.69) is 43.2 Å². The lowest BCUT2D eigenvalue weighted by molar-refractivity contribution is -0.128. The quantitative estimate of drug-likeness (QED) is 0.457. The van der Waals surface area contributed by atoms with Crippen LogP contribution in [0.4, 0.5) is 0 Å². The van der Waals surface area contributed by atoms with E-state index in [4.69, 9.17) is 9.47 Å². The number of carbonyl (C=O) groups excluding carboxylic acids is 2. The Balaban J connectivity index is 1.97. The molecule has 6 nitrogen and oxygen atoms in total. The molecule has 1 unspecified atom stereocenters. The summed E-state index contributed by atoms with van der Waals surface area (Å²) in [6.45, 7) is 4.38. The lowest BCUT2D eigenvalue weighted by atomic mass is 9.81. The fourth-order valence-corrected chi connectivity index (χ4v) is 4.37. The maximum Gasteiger partial charge on any atom is 0.337 e. The molecule has 176 valence electrons. The molecule has 0 aliphatic heterocycles. The molecule has 0 saturated heterocycles. The Morgan fingerprint density at radius 2 is 1.79 bits per heavy atom. The van der Waals surface area contributed by atoms with Gasteiger partial charge in [0.25, 0.3) is 0 Å². The van der Waals surface area contributed by atoms with E-state index in [1.807, 2.05) is 6.07 Å². The van der Waals surface area contributed by atoms with E-state index >= 15 is 0 Å². The zero-order chi connectivity index (χ0) is 24.1. The van der Waals surface area contributed by atoms with Crippen molar-refractivity contribution in [1.82, 2.24) is 9.88 Å². The van der Waals surface area contributed by atoms with Gasteiger partial charge in [-0.1, -0.05) is 26.0 Å². The van der Waals surface area contributed by atoms with Crippen LogP contribution in [0.5, 0.6) is 5.75 Å². The number of aryl methyl sites for hydroxylation is 1. The van der Waals surface area contributed by atoms with Crippen LogP contribution in [0.3, 0.4) is 0 Å². The molecule has 1 N–H and O–H groups in total. The van der Waals surface area contributed by atoms with Crippen LogP contribution >= 0.6 is 0 Å². The highest BCUT2D eigenvalue weighted by molar-refractivity contribution is 5.90. The average Bonchev–Trinajstić information content (AvgIpc) is 3.21. The molecule has 1 heterocycles. The number of H-pyrrole nitrogens is 1. The number of benzene rings is 2. The highest BCUT2D eigenvalue weighted by Gasteiger charge is 2.25. The molecule has 6 heteroatoms. The van der Waals surface area contributed by atoms with Gasteiger partial charge in [0.05, 0.1) is 19.8 Å². The second-order valence-electron chi connectivity index (χ2n) is 8.94. The number of hydrogen-bond acceptors (Lipinski definition) is 4. The van der Waals surface area contributed by atoms with E-state index in [9.17, 15) is 9.59 Å². The van der Waals surface area contributed by atoms with Gasteiger partial charge in [-0.3, -0.25) is 4.79 Å². The predicted molar refractivity (Wildman–Crippen MR) is 131 cm³/mol. The monoisotopic (exact) mass is 450 g/mol. The summed E-state index contributed by atoms with van der Waals surface area (Å²) in [6.07, 6.45) is 4.29. The van der Waals surface area contributed by atoms with Crippen LogP contribution in [0.2, 0.25) is 0 Å². The standard InChI is InChI=1S/C27H34N2O4/c1-17(2)26(20-12-11-19(27(31)33-6)15-24(20)32-5)22-16-28-23-13-10-18(14-21(22)23)8-7-9-25(30)29(3)4/h10-17,26,28H,7-9H2,1-6H3. The van der Waals surface area contributed by atoms with Crippen molar-refractivity contribution in [2.24, 2.45) is 5.92 Å². The van der Waals surface area contributed by atoms with Crippen molar-refractivity contribution in [3.05, 3.63) is 64.8 Å². The summed E-state index contributed by atoms with van der Waals surface area (Å²) in [4.78, 5) is 29.0. The minimum Gasteiger partial charge on any atom is -0.496 e. The molecule has 3 rings (SSSR count). The van der Waals surface area contributed by atoms with Crippen LogP contribution in [0.15, 0.2) is 42.6 Å². The number of amides is 1. The fourth-order valence-electron chi connectivity index (χ4n) is 4.37. The molecule has 0 saturated carbocycles. The van der Waals surface area contributed by atoms with Crippen molar-refractivity contribution in [3.8, 4) is 5.75 Å². The number of nitrogens with zero attached hydrogens (tertiary/aromatic N) is 1. The molecule has 0 aliphatic carbocycles. The van der Waals surface area contributed by atoms with Gasteiger partial charge in [0, 0.05) is 49.1 Å². The lowest BCUT2D eigenvalue weighted by Gasteiger charge is -2.24. The summed E-state index contributed by atoms with van der Waals surface area (Å²) >= 11 is 0. The summed E-state index contributed by atoms with van der Waals surface area (Å²) in [5.41, 5.74) is 4.98. The number of aromatic nitrogens is 1. The first kappa shape index (κ1) is 24.4. The zero-order valence-corrected chi connectivity index (χ0v) is 20.4. The predicted octanol–water partition coefficient (Wildman–Crippen LogP) is 5.16. The average molecular weight is 451 g/mol. The number of carbonyl (C=O) groups is 2. The molecule has 33 heavy (non-hydrogen) atoms. The Kier molecular flexibility index (Phi) is 7.79. The summed E-state index contributed by atoms with van der Waals surface area (Å²) in [7, 11) is 6.58. The Morgan fingerprint density at radius 3 is 2.42 bits per heavy atom. The number of methoxy groups -OCH3 is 2. The van der Waals surface area contributed by atoms with E-state index in [0.29, 0.717) is 23.7 Å². The van der Waals surface area contributed by atoms with Gasteiger partial charge in [-0.25, -0.2) is 4.79 Å². The Labute approximate surface area is 195 Å². The van der Waals surface area contributed by atoms with Crippen LogP contribution in [-0.4, -0.2) is 50.1 Å². The van der Waals surface area contributed by atoms with Crippen LogP contribution in [-0.2, 0) is 16.0 Å². The highest BCUT2D eigenvalue weighted by Crippen LogP contribution is 2.41. The van der Waals surface area contributed by atoms with Crippen molar-refractivity contribution in [1.29, 1.82) is 0 Å². The van der Waals surface area contributed by atoms with Gasteiger partial charge in [-0.2, -0.15) is 0 Å². The van der Waals surface area contributed by atoms with Crippen LogP contribution in [0.25, 0.3) is 10.9 Å². The molecule has 1 amide bonds. The molecule has 1 aromatic heterocycles. The number of aromatic amines is 1. The van der Waals surface area contributed by atoms with Gasteiger partial charge in [0.15, 0.2) is 0 Å². The van der Waals surface area contributed by atoms with E-state index in [1.165, 1.54) is 23.6 Å². The molecule has 3 aromatic rings. The second kappa shape index (κ2) is 10.6. The van der Waals surface area contributed by atoms with E-state index < -0.39 is 0 Å². The maximum atomic E-state index is 12.0. The van der Waals surface area contributed by atoms with Crippen LogP contribution in [0.1, 0.15) is 59.7 Å². The van der Waals surface area contributed by atoms with Gasteiger partial charge in [0.1, 0.15) is 5.75 Å². The third kappa shape index (κ3) is 5.38. The normalized spacial score (nSPS) is 12.1. The number of hydrogen-bond donors (Lipinski definition) is 1. The first-order chi connectivity index (χ1) is 15.8. The Morgan fingerprint density at radius 1 is 1.03 bits per heavy atom. The van der Waals surface area contributed by atoms with Gasteiger partial charge in [-0.05, 0) is 54.2 Å². The molecule has 0 radical (unpaired) electrons. The molecule has 0 fully saturated rings. The smallest absolute Gasteiger partial charge is 0.337 e. The molecule has 0 bridgehead atoms. The molecule has 0 spiro atoms. The van der Waals surface area contributed by atoms with Crippen molar-refractivity contribution in [2.75, 3.05) is 28.3 Å². The topological polar surface area (TPSA) is 71.6 Å². The SMILES string of the molecule is COC(=O)c1ccc(C(c2c[nH]c3ccc(CCCC(=O)N(C)C)cc23)C(C)C)c(OC)c1. The van der Waals surface area contributed by atoms with Gasteiger partial charge in [-0.15, -0.1) is 0 Å². The first-order valence-electron chi connectivity index (χ1n) is 11.3. The fraction of sp³-hybridized carbons (Fsp3) is 0.407. The summed E-state index contributed by atoms with van der Waals surface area (Å²) in [5, 5.41) is 1.17. The summed E-state index contributed by atoms with van der Waals surface area (Å²) in [6, 6.07) is 12.0. The van der Waals surface area contributed by atoms with Gasteiger partial charge < -0.3 is 19.4 Å². The molecule has 1 atom stereocenters. The largest absolute Gasteiger partial charge is 0.496 e. The van der Waals surface area contributed by atoms with Crippen molar-refractivity contribution in [3.63, 3.8) is 0 Å². The lowest BCUT2D eigenvalue weighted by Crippen LogP contribution is -2.21. The summed E-state index contributed by atoms with van der Waals surface area (Å²) < 4.78 is 10.5. The van der Waals surface area contributed by atoms with Gasteiger partial charge in [0.2, 0.25) is 5.91 Å². The van der Waals surface area contributed by atoms with E-state index in [0.717, 1.165) is 23.9 Å². The first-order valence-corrected chi connectivity index (χ1v) is 11.3. The van der Waals surface area contributed by atoms with Crippen molar-refractivity contribution in [2.45, 2.75) is 39.0 Å². The highest BCUT2D eigenvalue weighted by atomic mass is 16.5. The molecule has 0 aliphatic rings.